The van der Waals surface area contributed by atoms with E-state index in [0.717, 1.165) is 58.9 Å². The van der Waals surface area contributed by atoms with Crippen molar-refractivity contribution in [3.63, 3.8) is 0 Å². The quantitative estimate of drug-likeness (QED) is 0.798. The summed E-state index contributed by atoms with van der Waals surface area (Å²) >= 11 is 0. The number of halogens is 2. The van der Waals surface area contributed by atoms with Crippen LogP contribution < -0.4 is 5.32 Å². The van der Waals surface area contributed by atoms with Gasteiger partial charge in [0.1, 0.15) is 0 Å². The molecule has 0 spiro atoms. The molecule has 1 atom stereocenters. The summed E-state index contributed by atoms with van der Waals surface area (Å²) < 4.78 is 0. The predicted molar refractivity (Wildman–Crippen MR) is 116 cm³/mol. The zero-order valence-corrected chi connectivity index (χ0v) is 17.9. The van der Waals surface area contributed by atoms with E-state index in [9.17, 15) is 4.79 Å². The van der Waals surface area contributed by atoms with E-state index >= 15 is 0 Å². The van der Waals surface area contributed by atoms with Crippen molar-refractivity contribution in [2.75, 3.05) is 52.4 Å². The van der Waals surface area contributed by atoms with Crippen molar-refractivity contribution in [1.82, 2.24) is 20.0 Å². The number of amides is 1. The van der Waals surface area contributed by atoms with Crippen LogP contribution in [0.25, 0.3) is 0 Å². The number of nitrogens with zero attached hydrogens (tertiary/aromatic N) is 3. The van der Waals surface area contributed by atoms with Crippen LogP contribution in [-0.4, -0.2) is 79.0 Å². The molecule has 27 heavy (non-hydrogen) atoms. The minimum atomic E-state index is 0. The largest absolute Gasteiger partial charge is 0.340 e. The molecule has 1 N–H and O–H groups in total. The fourth-order valence-corrected chi connectivity index (χ4v) is 3.76. The highest BCUT2D eigenvalue weighted by Crippen LogP contribution is 2.15. The van der Waals surface area contributed by atoms with Crippen molar-refractivity contribution >= 4 is 30.7 Å². The summed E-state index contributed by atoms with van der Waals surface area (Å²) in [7, 11) is 0. The summed E-state index contributed by atoms with van der Waals surface area (Å²) in [5.74, 6) is 0.319. The normalized spacial score (nSPS) is 21.7. The second kappa shape index (κ2) is 12.6. The zero-order chi connectivity index (χ0) is 17.5. The van der Waals surface area contributed by atoms with Crippen LogP contribution in [0.3, 0.4) is 0 Å². The smallest absolute Gasteiger partial charge is 0.223 e. The lowest BCUT2D eigenvalue weighted by Gasteiger charge is -2.28. The van der Waals surface area contributed by atoms with Crippen molar-refractivity contribution < 1.29 is 4.79 Å². The van der Waals surface area contributed by atoms with E-state index in [4.69, 9.17) is 0 Å². The van der Waals surface area contributed by atoms with Crippen LogP contribution >= 0.6 is 24.8 Å². The predicted octanol–water partition coefficient (Wildman–Crippen LogP) is 2.25. The first-order valence-corrected chi connectivity index (χ1v) is 9.71. The molecule has 0 saturated carbocycles. The third-order valence-corrected chi connectivity index (χ3v) is 5.53. The van der Waals surface area contributed by atoms with Gasteiger partial charge in [-0.25, -0.2) is 0 Å². The number of nitrogens with one attached hydrogen (secondary N) is 1. The molecule has 0 bridgehead atoms. The third kappa shape index (κ3) is 7.59. The average molecular weight is 417 g/mol. The lowest BCUT2D eigenvalue weighted by molar-refractivity contribution is -0.132. The lowest BCUT2D eigenvalue weighted by Crippen LogP contribution is -2.47. The first kappa shape index (κ1) is 24.2. The molecule has 0 aromatic heterocycles. The van der Waals surface area contributed by atoms with Crippen LogP contribution in [-0.2, 0) is 11.3 Å². The molecule has 2 saturated heterocycles. The van der Waals surface area contributed by atoms with Crippen LogP contribution in [0.15, 0.2) is 30.3 Å². The van der Waals surface area contributed by atoms with Crippen molar-refractivity contribution in [2.24, 2.45) is 0 Å². The molecule has 5 nitrogen and oxygen atoms in total. The van der Waals surface area contributed by atoms with Gasteiger partial charge in [0.15, 0.2) is 0 Å². The minimum absolute atomic E-state index is 0. The Morgan fingerprint density at radius 3 is 2.44 bits per heavy atom. The molecule has 7 heteroatoms. The molecule has 2 aliphatic heterocycles. The molecule has 1 unspecified atom stereocenters. The third-order valence-electron chi connectivity index (χ3n) is 5.53. The number of carbonyl (C=O) groups excluding carboxylic acids is 1. The van der Waals surface area contributed by atoms with E-state index in [-0.39, 0.29) is 24.8 Å². The molecule has 2 fully saturated rings. The van der Waals surface area contributed by atoms with E-state index in [1.54, 1.807) is 0 Å². The first-order chi connectivity index (χ1) is 12.2. The van der Waals surface area contributed by atoms with Crippen LogP contribution in [0.1, 0.15) is 25.3 Å². The zero-order valence-electron chi connectivity index (χ0n) is 16.3. The molecule has 0 aliphatic carbocycles. The Morgan fingerprint density at radius 1 is 1.04 bits per heavy atom. The van der Waals surface area contributed by atoms with Crippen LogP contribution in [0.4, 0.5) is 0 Å². The van der Waals surface area contributed by atoms with Gasteiger partial charge in [0.05, 0.1) is 0 Å². The van der Waals surface area contributed by atoms with Gasteiger partial charge in [-0.1, -0.05) is 30.3 Å². The SMILES string of the molecule is CC1CCN(CCC(=O)N2CCNCC2)CCN1Cc1ccccc1.Cl.Cl. The standard InChI is InChI=1S/C20H32N4O.2ClH/c1-18-7-11-22(12-8-20(25)23-13-9-21-10-14-23)15-16-24(18)17-19-5-3-2-4-6-19;;/h2-6,18,21H,7-17H2,1H3;2*1H. The second-order valence-electron chi connectivity index (χ2n) is 7.32. The van der Waals surface area contributed by atoms with Gasteiger partial charge in [0.25, 0.3) is 0 Å². The maximum Gasteiger partial charge on any atom is 0.223 e. The van der Waals surface area contributed by atoms with Crippen LogP contribution in [0, 0.1) is 0 Å². The van der Waals surface area contributed by atoms with E-state index < -0.39 is 0 Å². The summed E-state index contributed by atoms with van der Waals surface area (Å²) in [6.45, 7) is 11.1. The number of carbonyl (C=O) groups is 1. The Kier molecular flexibility index (Phi) is 11.3. The average Bonchev–Trinajstić information content (AvgIpc) is 2.83. The van der Waals surface area contributed by atoms with E-state index in [2.05, 4.69) is 52.4 Å². The van der Waals surface area contributed by atoms with E-state index in [1.165, 1.54) is 12.0 Å². The molecule has 1 aromatic carbocycles. The lowest BCUT2D eigenvalue weighted by atomic mass is 10.1. The fourth-order valence-electron chi connectivity index (χ4n) is 3.76. The monoisotopic (exact) mass is 416 g/mol. The topological polar surface area (TPSA) is 38.8 Å². The molecule has 3 rings (SSSR count). The van der Waals surface area contributed by atoms with Crippen molar-refractivity contribution in [2.45, 2.75) is 32.4 Å². The number of rotatable bonds is 5. The van der Waals surface area contributed by atoms with Crippen molar-refractivity contribution in [1.29, 1.82) is 0 Å². The highest BCUT2D eigenvalue weighted by atomic mass is 35.5. The Labute approximate surface area is 176 Å². The number of hydrogen-bond donors (Lipinski definition) is 1. The van der Waals surface area contributed by atoms with Gasteiger partial charge in [-0.2, -0.15) is 0 Å². The van der Waals surface area contributed by atoms with Gasteiger partial charge in [-0.05, 0) is 25.5 Å². The Balaban J connectivity index is 0.00000182. The maximum atomic E-state index is 12.4. The number of benzene rings is 1. The Bertz CT molecular complexity index is 540. The molecule has 2 heterocycles. The van der Waals surface area contributed by atoms with Gasteiger partial charge in [0.2, 0.25) is 5.91 Å². The molecule has 0 radical (unpaired) electrons. The van der Waals surface area contributed by atoms with Gasteiger partial charge >= 0.3 is 0 Å². The van der Waals surface area contributed by atoms with Crippen molar-refractivity contribution in [3.8, 4) is 0 Å². The van der Waals surface area contributed by atoms with Crippen LogP contribution in [0.5, 0.6) is 0 Å². The highest BCUT2D eigenvalue weighted by molar-refractivity contribution is 5.85. The summed E-state index contributed by atoms with van der Waals surface area (Å²) in [6.07, 6.45) is 1.84. The molecular formula is C20H34Cl2N4O. The van der Waals surface area contributed by atoms with Gasteiger partial charge in [-0.15, -0.1) is 24.8 Å². The molecular weight excluding hydrogens is 383 g/mol. The second-order valence-corrected chi connectivity index (χ2v) is 7.32. The van der Waals surface area contributed by atoms with Gasteiger partial charge < -0.3 is 15.1 Å². The van der Waals surface area contributed by atoms with Crippen molar-refractivity contribution in [3.05, 3.63) is 35.9 Å². The highest BCUT2D eigenvalue weighted by Gasteiger charge is 2.22. The van der Waals surface area contributed by atoms with E-state index in [1.807, 2.05) is 4.90 Å². The summed E-state index contributed by atoms with van der Waals surface area (Å²) in [6, 6.07) is 11.3. The number of piperazine rings is 1. The molecule has 2 aliphatic rings. The maximum absolute atomic E-state index is 12.4. The molecule has 1 aromatic rings. The summed E-state index contributed by atoms with van der Waals surface area (Å²) in [4.78, 5) is 19.4. The van der Waals surface area contributed by atoms with E-state index in [0.29, 0.717) is 18.4 Å². The minimum Gasteiger partial charge on any atom is -0.340 e. The molecule has 1 amide bonds. The summed E-state index contributed by atoms with van der Waals surface area (Å²) in [5.41, 5.74) is 1.39. The van der Waals surface area contributed by atoms with Crippen LogP contribution in [0.2, 0.25) is 0 Å². The Hall–Kier alpha value is -0.850. The number of hydrogen-bond acceptors (Lipinski definition) is 4. The fraction of sp³-hybridized carbons (Fsp3) is 0.650. The van der Waals surface area contributed by atoms with Gasteiger partial charge in [-0.3, -0.25) is 9.69 Å². The first-order valence-electron chi connectivity index (χ1n) is 9.71. The molecule has 154 valence electrons. The Morgan fingerprint density at radius 2 is 1.74 bits per heavy atom. The summed E-state index contributed by atoms with van der Waals surface area (Å²) in [5, 5.41) is 3.30. The van der Waals surface area contributed by atoms with Gasteiger partial charge in [0, 0.05) is 64.8 Å².